The normalized spacial score (nSPS) is 36.3. The fourth-order valence-corrected chi connectivity index (χ4v) is 3.36. The predicted octanol–water partition coefficient (Wildman–Crippen LogP) is 1.79. The Hall–Kier alpha value is 0.170. The van der Waals surface area contributed by atoms with Gasteiger partial charge in [0.25, 0.3) is 0 Å². The van der Waals surface area contributed by atoms with E-state index < -0.39 is 0 Å². The molecular formula is C14H29ClN2O. The molecule has 3 N–H and O–H groups in total. The number of hydrogen-bond donors (Lipinski definition) is 3. The van der Waals surface area contributed by atoms with Crippen LogP contribution in [0.2, 0.25) is 0 Å². The van der Waals surface area contributed by atoms with Crippen molar-refractivity contribution in [2.24, 2.45) is 17.8 Å². The first-order valence-electron chi connectivity index (χ1n) is 7.39. The standard InChI is InChI=1S/C14H28N2O.ClH/c1-2-11-4-3-5-12(6-11)7-15-8-13-9-16-10-14(13)17;/h11-17H,2-10H2,1H3;1H. The molecule has 0 aromatic rings. The summed E-state index contributed by atoms with van der Waals surface area (Å²) < 4.78 is 0. The Morgan fingerprint density at radius 2 is 1.94 bits per heavy atom. The number of rotatable bonds is 5. The fourth-order valence-electron chi connectivity index (χ4n) is 3.36. The van der Waals surface area contributed by atoms with Crippen LogP contribution in [0.5, 0.6) is 0 Å². The maximum atomic E-state index is 9.70. The Morgan fingerprint density at radius 1 is 1.17 bits per heavy atom. The third-order valence-electron chi connectivity index (χ3n) is 4.61. The van der Waals surface area contributed by atoms with E-state index in [0.29, 0.717) is 5.92 Å². The van der Waals surface area contributed by atoms with Crippen molar-refractivity contribution < 1.29 is 5.11 Å². The van der Waals surface area contributed by atoms with E-state index in [0.717, 1.165) is 38.0 Å². The van der Waals surface area contributed by atoms with Gasteiger partial charge in [0.2, 0.25) is 0 Å². The van der Waals surface area contributed by atoms with Crippen molar-refractivity contribution in [1.82, 2.24) is 10.6 Å². The molecule has 18 heavy (non-hydrogen) atoms. The van der Waals surface area contributed by atoms with Gasteiger partial charge in [0.15, 0.2) is 0 Å². The van der Waals surface area contributed by atoms with Crippen LogP contribution >= 0.6 is 12.4 Å². The fraction of sp³-hybridized carbons (Fsp3) is 1.00. The molecule has 1 saturated carbocycles. The molecule has 2 rings (SSSR count). The second-order valence-electron chi connectivity index (χ2n) is 5.95. The molecule has 1 heterocycles. The van der Waals surface area contributed by atoms with Crippen LogP contribution in [0.4, 0.5) is 0 Å². The molecule has 4 atom stereocenters. The third kappa shape index (κ3) is 4.69. The summed E-state index contributed by atoms with van der Waals surface area (Å²) in [5.41, 5.74) is 0. The highest BCUT2D eigenvalue weighted by atomic mass is 35.5. The molecule has 2 aliphatic rings. The monoisotopic (exact) mass is 276 g/mol. The van der Waals surface area contributed by atoms with Gasteiger partial charge in [-0.25, -0.2) is 0 Å². The maximum absolute atomic E-state index is 9.70. The van der Waals surface area contributed by atoms with Crippen LogP contribution in [0.15, 0.2) is 0 Å². The molecule has 0 radical (unpaired) electrons. The van der Waals surface area contributed by atoms with E-state index in [1.165, 1.54) is 32.1 Å². The molecule has 1 aliphatic carbocycles. The first-order valence-corrected chi connectivity index (χ1v) is 7.39. The lowest BCUT2D eigenvalue weighted by atomic mass is 9.80. The topological polar surface area (TPSA) is 44.3 Å². The first-order chi connectivity index (χ1) is 8.29. The number of aliphatic hydroxyl groups is 1. The Labute approximate surface area is 118 Å². The summed E-state index contributed by atoms with van der Waals surface area (Å²) in [4.78, 5) is 0. The van der Waals surface area contributed by atoms with Crippen LogP contribution in [0.1, 0.15) is 39.0 Å². The summed E-state index contributed by atoms with van der Waals surface area (Å²) in [6.07, 6.45) is 6.87. The average molecular weight is 277 g/mol. The number of nitrogens with one attached hydrogen (secondary N) is 2. The molecule has 4 unspecified atom stereocenters. The predicted molar refractivity (Wildman–Crippen MR) is 78.2 cm³/mol. The lowest BCUT2D eigenvalue weighted by molar-refractivity contribution is 0.144. The van der Waals surface area contributed by atoms with Crippen molar-refractivity contribution in [2.75, 3.05) is 26.2 Å². The summed E-state index contributed by atoms with van der Waals surface area (Å²) in [6.45, 7) is 6.19. The molecule has 1 saturated heterocycles. The molecule has 2 fully saturated rings. The molecule has 1 aliphatic heterocycles. The summed E-state index contributed by atoms with van der Waals surface area (Å²) >= 11 is 0. The molecule has 0 spiro atoms. The van der Waals surface area contributed by atoms with E-state index in [2.05, 4.69) is 17.6 Å². The number of β-amino-alcohol motifs (C(OH)–C–C–N with tert-alkyl or cyclic N) is 1. The molecule has 3 nitrogen and oxygen atoms in total. The summed E-state index contributed by atoms with van der Waals surface area (Å²) in [5, 5.41) is 16.5. The van der Waals surface area contributed by atoms with Gasteiger partial charge in [0.1, 0.15) is 0 Å². The van der Waals surface area contributed by atoms with E-state index in [9.17, 15) is 5.11 Å². The van der Waals surface area contributed by atoms with Gasteiger partial charge >= 0.3 is 0 Å². The van der Waals surface area contributed by atoms with E-state index in [1.54, 1.807) is 0 Å². The van der Waals surface area contributed by atoms with Crippen molar-refractivity contribution in [1.29, 1.82) is 0 Å². The van der Waals surface area contributed by atoms with Crippen LogP contribution in [-0.2, 0) is 0 Å². The van der Waals surface area contributed by atoms with E-state index in [1.807, 2.05) is 0 Å². The van der Waals surface area contributed by atoms with Crippen molar-refractivity contribution >= 4 is 12.4 Å². The first kappa shape index (κ1) is 16.2. The van der Waals surface area contributed by atoms with Crippen LogP contribution in [-0.4, -0.2) is 37.4 Å². The van der Waals surface area contributed by atoms with Gasteiger partial charge in [-0.15, -0.1) is 12.4 Å². The lowest BCUT2D eigenvalue weighted by Crippen LogP contribution is -2.34. The zero-order valence-electron chi connectivity index (χ0n) is 11.5. The van der Waals surface area contributed by atoms with Crippen molar-refractivity contribution in [2.45, 2.75) is 45.1 Å². The van der Waals surface area contributed by atoms with Crippen molar-refractivity contribution in [3.8, 4) is 0 Å². The SMILES string of the molecule is CCC1CCCC(CNCC2CNCC2O)C1.Cl. The average Bonchev–Trinajstić information content (AvgIpc) is 2.76. The largest absolute Gasteiger partial charge is 0.391 e. The van der Waals surface area contributed by atoms with Gasteiger partial charge in [-0.2, -0.15) is 0 Å². The number of halogens is 1. The molecule has 0 amide bonds. The highest BCUT2D eigenvalue weighted by Gasteiger charge is 2.25. The summed E-state index contributed by atoms with van der Waals surface area (Å²) in [5.74, 6) is 2.26. The van der Waals surface area contributed by atoms with Gasteiger partial charge in [0, 0.05) is 25.6 Å². The highest BCUT2D eigenvalue weighted by Crippen LogP contribution is 2.30. The van der Waals surface area contributed by atoms with Gasteiger partial charge in [-0.3, -0.25) is 0 Å². The molecule has 0 bridgehead atoms. The summed E-state index contributed by atoms with van der Waals surface area (Å²) in [6, 6.07) is 0. The minimum atomic E-state index is -0.141. The van der Waals surface area contributed by atoms with Gasteiger partial charge in [-0.05, 0) is 31.2 Å². The van der Waals surface area contributed by atoms with Crippen LogP contribution < -0.4 is 10.6 Å². The Kier molecular flexibility index (Phi) is 7.54. The second-order valence-corrected chi connectivity index (χ2v) is 5.95. The van der Waals surface area contributed by atoms with Gasteiger partial charge in [-0.1, -0.05) is 26.2 Å². The zero-order chi connectivity index (χ0) is 12.1. The lowest BCUT2D eigenvalue weighted by Gasteiger charge is -2.29. The molecule has 4 heteroatoms. The maximum Gasteiger partial charge on any atom is 0.0716 e. The van der Waals surface area contributed by atoms with Gasteiger partial charge in [0.05, 0.1) is 6.10 Å². The second kappa shape index (κ2) is 8.36. The van der Waals surface area contributed by atoms with Crippen LogP contribution in [0, 0.1) is 17.8 Å². The third-order valence-corrected chi connectivity index (χ3v) is 4.61. The highest BCUT2D eigenvalue weighted by molar-refractivity contribution is 5.85. The van der Waals surface area contributed by atoms with Crippen LogP contribution in [0.25, 0.3) is 0 Å². The molecule has 108 valence electrons. The molecule has 0 aromatic heterocycles. The van der Waals surface area contributed by atoms with E-state index in [4.69, 9.17) is 0 Å². The molecule has 0 aromatic carbocycles. The van der Waals surface area contributed by atoms with Crippen molar-refractivity contribution in [3.63, 3.8) is 0 Å². The summed E-state index contributed by atoms with van der Waals surface area (Å²) in [7, 11) is 0. The van der Waals surface area contributed by atoms with Crippen molar-refractivity contribution in [3.05, 3.63) is 0 Å². The minimum absolute atomic E-state index is 0. The Morgan fingerprint density at radius 3 is 2.61 bits per heavy atom. The minimum Gasteiger partial charge on any atom is -0.391 e. The van der Waals surface area contributed by atoms with E-state index >= 15 is 0 Å². The van der Waals surface area contributed by atoms with Crippen LogP contribution in [0.3, 0.4) is 0 Å². The quantitative estimate of drug-likeness (QED) is 0.717. The van der Waals surface area contributed by atoms with E-state index in [-0.39, 0.29) is 18.5 Å². The Balaban J connectivity index is 0.00000162. The number of hydrogen-bond acceptors (Lipinski definition) is 3. The van der Waals surface area contributed by atoms with Gasteiger partial charge < -0.3 is 15.7 Å². The molecular weight excluding hydrogens is 248 g/mol. The Bertz CT molecular complexity index is 228. The number of aliphatic hydroxyl groups excluding tert-OH is 1. The smallest absolute Gasteiger partial charge is 0.0716 e. The zero-order valence-corrected chi connectivity index (χ0v) is 12.3.